The molecule has 20 heavy (non-hydrogen) atoms. The lowest BCUT2D eigenvalue weighted by atomic mass is 9.89. The van der Waals surface area contributed by atoms with E-state index in [-0.39, 0.29) is 11.7 Å². The first-order valence-corrected chi connectivity index (χ1v) is 6.49. The zero-order chi connectivity index (χ0) is 14.7. The van der Waals surface area contributed by atoms with Gasteiger partial charge in [0.1, 0.15) is 0 Å². The number of anilines is 1. The lowest BCUT2D eigenvalue weighted by molar-refractivity contribution is -0.123. The van der Waals surface area contributed by atoms with Gasteiger partial charge < -0.3 is 10.4 Å². The minimum atomic E-state index is -0.823. The molecule has 1 aromatic carbocycles. The van der Waals surface area contributed by atoms with Crippen molar-refractivity contribution in [3.63, 3.8) is 0 Å². The monoisotopic (exact) mass is 269 g/mol. The van der Waals surface area contributed by atoms with Crippen molar-refractivity contribution in [3.05, 3.63) is 35.4 Å². The molecule has 0 N–H and O–H groups in total. The minimum Gasteiger partial charge on any atom is -0.361 e. The fourth-order valence-corrected chi connectivity index (χ4v) is 3.95. The molecule has 5 heteroatoms. The van der Waals surface area contributed by atoms with Crippen molar-refractivity contribution in [1.82, 2.24) is 0 Å². The maximum atomic E-state index is 12.7. The molecule has 0 saturated heterocycles. The number of likely N-dealkylation sites (N-methyl/N-ethyl adjacent to an activating group) is 1. The molecule has 1 aliphatic heterocycles. The standard InChI is InChI=1S/C15H15N3O2/c1-14(2)12(11(19)8-17-16)15(14)9-6-4-5-7-10(9)18(3)13(15)20/h4-8,12H,1-3H3/t12-,15+/m0/s1. The first kappa shape index (κ1) is 12.8. The van der Waals surface area contributed by atoms with Crippen LogP contribution in [0.5, 0.6) is 0 Å². The zero-order valence-electron chi connectivity index (χ0n) is 11.6. The molecule has 1 heterocycles. The molecule has 5 nitrogen and oxygen atoms in total. The van der Waals surface area contributed by atoms with Gasteiger partial charge in [-0.25, -0.2) is 0 Å². The number of fused-ring (bicyclic) bond motifs is 2. The van der Waals surface area contributed by atoms with Crippen LogP contribution in [-0.4, -0.2) is 29.7 Å². The number of rotatable bonds is 2. The van der Waals surface area contributed by atoms with Crippen molar-refractivity contribution in [2.45, 2.75) is 19.3 Å². The quantitative estimate of drug-likeness (QED) is 0.462. The third-order valence-electron chi connectivity index (χ3n) is 4.89. The number of hydrogen-bond acceptors (Lipinski definition) is 2. The number of amides is 1. The van der Waals surface area contributed by atoms with Crippen molar-refractivity contribution in [1.29, 1.82) is 0 Å². The van der Waals surface area contributed by atoms with Crippen LogP contribution in [0.15, 0.2) is 24.3 Å². The third kappa shape index (κ3) is 1.14. The Kier molecular flexibility index (Phi) is 2.32. The van der Waals surface area contributed by atoms with Gasteiger partial charge in [-0.1, -0.05) is 32.0 Å². The topological polar surface area (TPSA) is 73.8 Å². The Bertz CT molecular complexity index is 688. The maximum absolute atomic E-state index is 12.7. The van der Waals surface area contributed by atoms with Crippen molar-refractivity contribution in [2.24, 2.45) is 11.3 Å². The van der Waals surface area contributed by atoms with Crippen LogP contribution in [0.1, 0.15) is 19.4 Å². The van der Waals surface area contributed by atoms with E-state index in [0.29, 0.717) is 0 Å². The zero-order valence-corrected chi connectivity index (χ0v) is 11.6. The lowest BCUT2D eigenvalue weighted by Crippen LogP contribution is -2.32. The summed E-state index contributed by atoms with van der Waals surface area (Å²) in [5, 5.41) is 0. The van der Waals surface area contributed by atoms with Gasteiger partial charge in [0.15, 0.2) is 0 Å². The molecule has 102 valence electrons. The van der Waals surface area contributed by atoms with Crippen LogP contribution in [-0.2, 0) is 15.0 Å². The predicted octanol–water partition coefficient (Wildman–Crippen LogP) is 1.43. The Morgan fingerprint density at radius 1 is 1.40 bits per heavy atom. The number of nitrogens with zero attached hydrogens (tertiary/aromatic N) is 3. The average Bonchev–Trinajstić information content (AvgIpc) is 2.86. The van der Waals surface area contributed by atoms with E-state index < -0.39 is 16.7 Å². The molecule has 3 rings (SSSR count). The van der Waals surface area contributed by atoms with E-state index in [1.54, 1.807) is 11.9 Å². The Balaban J connectivity index is 2.22. The summed E-state index contributed by atoms with van der Waals surface area (Å²) in [5.41, 5.74) is 9.02. The van der Waals surface area contributed by atoms with E-state index in [1.807, 2.05) is 38.1 Å². The van der Waals surface area contributed by atoms with E-state index in [0.717, 1.165) is 17.5 Å². The number of Topliss-reactive ketones (excluding diaryl/α,β-unsaturated/α-hetero) is 1. The maximum Gasteiger partial charge on any atom is 0.323 e. The van der Waals surface area contributed by atoms with Crippen molar-refractivity contribution in [3.8, 4) is 0 Å². The van der Waals surface area contributed by atoms with Crippen molar-refractivity contribution >= 4 is 23.6 Å². The predicted molar refractivity (Wildman–Crippen MR) is 73.5 cm³/mol. The molecule has 1 fully saturated rings. The highest BCUT2D eigenvalue weighted by Crippen LogP contribution is 2.73. The molecular weight excluding hydrogens is 254 g/mol. The highest BCUT2D eigenvalue weighted by Gasteiger charge is 2.81. The summed E-state index contributed by atoms with van der Waals surface area (Å²) in [5.74, 6) is -0.853. The summed E-state index contributed by atoms with van der Waals surface area (Å²) in [6, 6.07) is 7.55. The van der Waals surface area contributed by atoms with Gasteiger partial charge >= 0.3 is 6.21 Å². The number of benzene rings is 1. The van der Waals surface area contributed by atoms with Gasteiger partial charge in [0.05, 0.1) is 11.3 Å². The van der Waals surface area contributed by atoms with Gasteiger partial charge in [0, 0.05) is 12.7 Å². The van der Waals surface area contributed by atoms with E-state index in [9.17, 15) is 9.59 Å². The molecule has 0 bridgehead atoms. The van der Waals surface area contributed by atoms with Crippen molar-refractivity contribution in [2.75, 3.05) is 11.9 Å². The second-order valence-corrected chi connectivity index (χ2v) is 5.99. The summed E-state index contributed by atoms with van der Waals surface area (Å²) in [6.07, 6.45) is 0.898. The normalized spacial score (nSPS) is 29.1. The lowest BCUT2D eigenvalue weighted by Gasteiger charge is -2.13. The number of ketones is 1. The Morgan fingerprint density at radius 2 is 2.05 bits per heavy atom. The Labute approximate surface area is 116 Å². The second kappa shape index (κ2) is 3.64. The van der Waals surface area contributed by atoms with Crippen LogP contribution in [0.25, 0.3) is 5.53 Å². The van der Waals surface area contributed by atoms with Crippen LogP contribution in [0, 0.1) is 11.3 Å². The third-order valence-corrected chi connectivity index (χ3v) is 4.89. The fourth-order valence-electron chi connectivity index (χ4n) is 3.95. The smallest absolute Gasteiger partial charge is 0.323 e. The average molecular weight is 269 g/mol. The van der Waals surface area contributed by atoms with E-state index in [4.69, 9.17) is 5.53 Å². The highest BCUT2D eigenvalue weighted by molar-refractivity contribution is 6.31. The van der Waals surface area contributed by atoms with Gasteiger partial charge in [-0.3, -0.25) is 9.59 Å². The first-order valence-electron chi connectivity index (χ1n) is 6.49. The van der Waals surface area contributed by atoms with Crippen LogP contribution in [0.2, 0.25) is 0 Å². The van der Waals surface area contributed by atoms with Gasteiger partial charge in [-0.15, -0.1) is 0 Å². The molecular formula is C15H15N3O2. The number of carbonyl (C=O) groups is 2. The van der Waals surface area contributed by atoms with Crippen LogP contribution in [0.4, 0.5) is 5.69 Å². The van der Waals surface area contributed by atoms with Crippen LogP contribution in [0.3, 0.4) is 0 Å². The van der Waals surface area contributed by atoms with Crippen LogP contribution < -0.4 is 4.90 Å². The number of carbonyl (C=O) groups excluding carboxylic acids is 2. The fraction of sp³-hybridized carbons (Fsp3) is 0.400. The van der Waals surface area contributed by atoms with Gasteiger partial charge in [0.25, 0.3) is 0 Å². The molecule has 1 aliphatic carbocycles. The molecule has 2 atom stereocenters. The van der Waals surface area contributed by atoms with E-state index >= 15 is 0 Å². The molecule has 0 aromatic heterocycles. The molecule has 2 aliphatic rings. The second-order valence-electron chi connectivity index (χ2n) is 5.99. The Hall–Kier alpha value is -2.26. The molecule has 0 unspecified atom stereocenters. The summed E-state index contributed by atoms with van der Waals surface area (Å²) in [7, 11) is 1.73. The molecule has 1 saturated carbocycles. The van der Waals surface area contributed by atoms with Crippen LogP contribution >= 0.6 is 0 Å². The van der Waals surface area contributed by atoms with E-state index in [1.165, 1.54) is 0 Å². The molecule has 1 amide bonds. The van der Waals surface area contributed by atoms with Gasteiger partial charge in [-0.2, -0.15) is 4.79 Å². The SMILES string of the molecule is CN1C(=O)[C@@]2(c3ccccc31)[C@@H](C(=O)C=[N+]=[N-])C2(C)C. The molecule has 0 radical (unpaired) electrons. The largest absolute Gasteiger partial charge is 0.361 e. The summed E-state index contributed by atoms with van der Waals surface area (Å²) < 4.78 is 0. The summed E-state index contributed by atoms with van der Waals surface area (Å²) in [4.78, 5) is 29.3. The summed E-state index contributed by atoms with van der Waals surface area (Å²) >= 11 is 0. The molecule has 1 aromatic rings. The van der Waals surface area contributed by atoms with Crippen molar-refractivity contribution < 1.29 is 14.4 Å². The summed E-state index contributed by atoms with van der Waals surface area (Å²) in [6.45, 7) is 3.82. The van der Waals surface area contributed by atoms with Gasteiger partial charge in [0.2, 0.25) is 11.7 Å². The number of para-hydroxylation sites is 1. The molecule has 1 spiro atoms. The Morgan fingerprint density at radius 3 is 2.70 bits per heavy atom. The van der Waals surface area contributed by atoms with E-state index in [2.05, 4.69) is 4.79 Å². The minimum absolute atomic E-state index is 0.0617. The van der Waals surface area contributed by atoms with Gasteiger partial charge in [-0.05, 0) is 17.0 Å². The highest BCUT2D eigenvalue weighted by atomic mass is 16.2. The first-order chi connectivity index (χ1) is 9.40. The number of hydrogen-bond donors (Lipinski definition) is 0.